The van der Waals surface area contributed by atoms with Crippen molar-refractivity contribution in [2.45, 2.75) is 12.8 Å². The molecular formula is C11H12FN3O4. The topological polar surface area (TPSA) is 95.7 Å². The Bertz CT molecular complexity index is 529. The lowest BCUT2D eigenvalue weighted by molar-refractivity contribution is -0.384. The van der Waals surface area contributed by atoms with Gasteiger partial charge >= 0.3 is 6.09 Å². The summed E-state index contributed by atoms with van der Waals surface area (Å²) in [6.45, 7) is 1.31. The lowest BCUT2D eigenvalue weighted by Gasteiger charge is -2.19. The van der Waals surface area contributed by atoms with E-state index < -0.39 is 22.5 Å². The summed E-state index contributed by atoms with van der Waals surface area (Å²) in [5, 5.41) is 21.4. The van der Waals surface area contributed by atoms with Gasteiger partial charge in [0.2, 0.25) is 0 Å². The molecule has 1 aliphatic heterocycles. The van der Waals surface area contributed by atoms with Crippen molar-refractivity contribution in [2.24, 2.45) is 0 Å². The maximum atomic E-state index is 13.9. The molecule has 102 valence electrons. The number of hydrogen-bond acceptors (Lipinski definition) is 4. The first kappa shape index (κ1) is 13.1. The molecule has 0 aromatic heterocycles. The molecule has 0 radical (unpaired) electrons. The van der Waals surface area contributed by atoms with Crippen LogP contribution in [0.15, 0.2) is 12.1 Å². The summed E-state index contributed by atoms with van der Waals surface area (Å²) in [7, 11) is 0. The molecule has 2 N–H and O–H groups in total. The molecule has 1 aromatic rings. The van der Waals surface area contributed by atoms with Crippen molar-refractivity contribution in [1.82, 2.24) is 0 Å². The third kappa shape index (κ3) is 2.72. The van der Waals surface area contributed by atoms with E-state index in [-0.39, 0.29) is 11.4 Å². The molecule has 2 rings (SSSR count). The molecule has 8 heteroatoms. The number of benzene rings is 1. The number of amides is 1. The van der Waals surface area contributed by atoms with E-state index in [1.54, 1.807) is 4.90 Å². The number of nitrogens with zero attached hydrogens (tertiary/aromatic N) is 2. The molecule has 1 aliphatic rings. The van der Waals surface area contributed by atoms with E-state index in [9.17, 15) is 19.3 Å². The minimum atomic E-state index is -1.43. The lowest BCUT2D eigenvalue weighted by Crippen LogP contribution is -2.20. The number of rotatable bonds is 3. The van der Waals surface area contributed by atoms with Gasteiger partial charge < -0.3 is 10.0 Å². The molecule has 1 aromatic carbocycles. The Morgan fingerprint density at radius 2 is 2.05 bits per heavy atom. The van der Waals surface area contributed by atoms with Crippen molar-refractivity contribution in [2.75, 3.05) is 23.3 Å². The molecule has 0 atom stereocenters. The van der Waals surface area contributed by atoms with Crippen LogP contribution in [0.25, 0.3) is 0 Å². The molecule has 1 fully saturated rings. The largest absolute Gasteiger partial charge is 0.465 e. The Morgan fingerprint density at radius 3 is 2.58 bits per heavy atom. The zero-order valence-corrected chi connectivity index (χ0v) is 9.93. The second-order valence-electron chi connectivity index (χ2n) is 4.20. The average molecular weight is 269 g/mol. The smallest absolute Gasteiger partial charge is 0.409 e. The molecule has 0 bridgehead atoms. The van der Waals surface area contributed by atoms with Crippen molar-refractivity contribution in [3.63, 3.8) is 0 Å². The quantitative estimate of drug-likeness (QED) is 0.649. The third-order valence-electron chi connectivity index (χ3n) is 2.95. The molecule has 19 heavy (non-hydrogen) atoms. The van der Waals surface area contributed by atoms with Gasteiger partial charge in [-0.05, 0) is 18.9 Å². The highest BCUT2D eigenvalue weighted by Gasteiger charge is 2.23. The zero-order chi connectivity index (χ0) is 14.0. The van der Waals surface area contributed by atoms with Crippen molar-refractivity contribution >= 4 is 23.2 Å². The summed E-state index contributed by atoms with van der Waals surface area (Å²) in [5.41, 5.74) is -0.629. The van der Waals surface area contributed by atoms with Crippen LogP contribution >= 0.6 is 0 Å². The number of nitro groups is 1. The number of nitro benzene ring substituents is 1. The number of halogens is 1. The van der Waals surface area contributed by atoms with Crippen molar-refractivity contribution in [1.29, 1.82) is 0 Å². The summed E-state index contributed by atoms with van der Waals surface area (Å²) < 4.78 is 13.9. The molecule has 1 saturated heterocycles. The minimum absolute atomic E-state index is 0.187. The molecule has 1 heterocycles. The van der Waals surface area contributed by atoms with Crippen LogP contribution < -0.4 is 10.2 Å². The van der Waals surface area contributed by atoms with Crippen LogP contribution in [-0.2, 0) is 0 Å². The standard InChI is InChI=1S/C11H12FN3O4/c12-7-5-10(15(18)19)8(13-11(16)17)6-9(7)14-3-1-2-4-14/h5-6,13H,1-4H2,(H,16,17). The molecule has 0 unspecified atom stereocenters. The van der Waals surface area contributed by atoms with E-state index in [2.05, 4.69) is 0 Å². The van der Waals surface area contributed by atoms with Crippen LogP contribution in [0.5, 0.6) is 0 Å². The van der Waals surface area contributed by atoms with Gasteiger partial charge in [-0.2, -0.15) is 0 Å². The molecule has 0 aliphatic carbocycles. The first-order valence-corrected chi connectivity index (χ1v) is 5.72. The fraction of sp³-hybridized carbons (Fsp3) is 0.364. The fourth-order valence-electron chi connectivity index (χ4n) is 2.12. The summed E-state index contributed by atoms with van der Waals surface area (Å²) in [4.78, 5) is 22.3. The summed E-state index contributed by atoms with van der Waals surface area (Å²) in [6.07, 6.45) is 0.401. The van der Waals surface area contributed by atoms with Gasteiger partial charge in [0, 0.05) is 13.1 Å². The number of hydrogen-bond donors (Lipinski definition) is 2. The molecule has 1 amide bonds. The maximum absolute atomic E-state index is 13.9. The molecular weight excluding hydrogens is 257 g/mol. The molecule has 0 spiro atoms. The van der Waals surface area contributed by atoms with E-state index in [0.29, 0.717) is 13.1 Å². The normalized spacial score (nSPS) is 14.5. The Balaban J connectivity index is 2.45. The predicted octanol–water partition coefficient (Wildman–Crippen LogP) is 2.42. The molecule has 0 saturated carbocycles. The SMILES string of the molecule is O=C(O)Nc1cc(N2CCCC2)c(F)cc1[N+](=O)[O-]. The van der Waals surface area contributed by atoms with E-state index in [1.807, 2.05) is 5.32 Å². The van der Waals surface area contributed by atoms with Crippen LogP contribution in [-0.4, -0.2) is 29.2 Å². The highest BCUT2D eigenvalue weighted by Crippen LogP contribution is 2.33. The predicted molar refractivity (Wildman–Crippen MR) is 66.1 cm³/mol. The van der Waals surface area contributed by atoms with Crippen molar-refractivity contribution in [3.8, 4) is 0 Å². The third-order valence-corrected chi connectivity index (χ3v) is 2.95. The molecule has 7 nitrogen and oxygen atoms in total. The van der Waals surface area contributed by atoms with Crippen LogP contribution in [0.2, 0.25) is 0 Å². The second kappa shape index (κ2) is 5.09. The Morgan fingerprint density at radius 1 is 1.42 bits per heavy atom. The van der Waals surface area contributed by atoms with Crippen molar-refractivity contribution < 1.29 is 19.2 Å². The van der Waals surface area contributed by atoms with E-state index in [4.69, 9.17) is 5.11 Å². The van der Waals surface area contributed by atoms with Gasteiger partial charge in [-0.15, -0.1) is 0 Å². The van der Waals surface area contributed by atoms with Crippen LogP contribution in [0.1, 0.15) is 12.8 Å². The van der Waals surface area contributed by atoms with Gasteiger partial charge in [0.05, 0.1) is 16.7 Å². The Kier molecular flexibility index (Phi) is 3.50. The van der Waals surface area contributed by atoms with Crippen molar-refractivity contribution in [3.05, 3.63) is 28.1 Å². The van der Waals surface area contributed by atoms with Gasteiger partial charge in [-0.3, -0.25) is 15.4 Å². The Labute approximate surface area is 107 Å². The van der Waals surface area contributed by atoms with Gasteiger partial charge in [0.15, 0.2) is 5.82 Å². The summed E-state index contributed by atoms with van der Waals surface area (Å²) in [6, 6.07) is 1.92. The second-order valence-corrected chi connectivity index (χ2v) is 4.20. The summed E-state index contributed by atoms with van der Waals surface area (Å²) in [5.74, 6) is -0.718. The number of carboxylic acid groups (broad SMARTS) is 1. The van der Waals surface area contributed by atoms with Gasteiger partial charge in [0.25, 0.3) is 5.69 Å². The monoisotopic (exact) mass is 269 g/mol. The van der Waals surface area contributed by atoms with Gasteiger partial charge in [-0.25, -0.2) is 9.18 Å². The lowest BCUT2D eigenvalue weighted by atomic mass is 10.2. The maximum Gasteiger partial charge on any atom is 0.409 e. The Hall–Kier alpha value is -2.38. The van der Waals surface area contributed by atoms with E-state index >= 15 is 0 Å². The minimum Gasteiger partial charge on any atom is -0.465 e. The summed E-state index contributed by atoms with van der Waals surface area (Å²) >= 11 is 0. The highest BCUT2D eigenvalue weighted by molar-refractivity contribution is 5.87. The fourth-order valence-corrected chi connectivity index (χ4v) is 2.12. The van der Waals surface area contributed by atoms with Gasteiger partial charge in [0.1, 0.15) is 5.69 Å². The highest BCUT2D eigenvalue weighted by atomic mass is 19.1. The number of nitrogens with one attached hydrogen (secondary N) is 1. The van der Waals surface area contributed by atoms with E-state index in [0.717, 1.165) is 18.9 Å². The van der Waals surface area contributed by atoms with Crippen LogP contribution in [0.4, 0.5) is 26.2 Å². The van der Waals surface area contributed by atoms with Gasteiger partial charge in [-0.1, -0.05) is 0 Å². The first-order chi connectivity index (χ1) is 8.99. The van der Waals surface area contributed by atoms with Crippen LogP contribution in [0, 0.1) is 15.9 Å². The van der Waals surface area contributed by atoms with Crippen LogP contribution in [0.3, 0.4) is 0 Å². The first-order valence-electron chi connectivity index (χ1n) is 5.72. The zero-order valence-electron chi connectivity index (χ0n) is 9.93. The van der Waals surface area contributed by atoms with E-state index in [1.165, 1.54) is 6.07 Å². The average Bonchev–Trinajstić information content (AvgIpc) is 2.83. The number of carbonyl (C=O) groups is 1. The number of anilines is 2.